The van der Waals surface area contributed by atoms with Crippen LogP contribution in [0.25, 0.3) is 0 Å². The molecule has 62 valence electrons. The lowest BCUT2D eigenvalue weighted by Gasteiger charge is -1.97. The van der Waals surface area contributed by atoms with E-state index >= 15 is 0 Å². The Morgan fingerprint density at radius 3 is 1.20 bits per heavy atom. The molecule has 4 heteroatoms. The van der Waals surface area contributed by atoms with Gasteiger partial charge in [0.1, 0.15) is 0 Å². The highest BCUT2D eigenvalue weighted by Crippen LogP contribution is 2.01. The summed E-state index contributed by atoms with van der Waals surface area (Å²) < 4.78 is 7.83. The van der Waals surface area contributed by atoms with E-state index in [1.54, 1.807) is 0 Å². The molecule has 0 amide bonds. The molecule has 0 aromatic rings. The number of hydrogen-bond donors (Lipinski definition) is 0. The molecule has 0 aliphatic rings. The Hall–Kier alpha value is 0.842. The minimum Gasteiger partial charge on any atom is -0.197 e. The maximum Gasteiger partial charge on any atom is 0.261 e. The van der Waals surface area contributed by atoms with Gasteiger partial charge in [-0.25, -0.2) is 0 Å². The van der Waals surface area contributed by atoms with Crippen LogP contribution in [0.5, 0.6) is 0 Å². The molecule has 0 saturated carbocycles. The second-order valence-electron chi connectivity index (χ2n) is 2.09. The fourth-order valence-corrected chi connectivity index (χ4v) is 2.60. The van der Waals surface area contributed by atoms with Crippen molar-refractivity contribution in [3.05, 3.63) is 0 Å². The lowest BCUT2D eigenvalue weighted by molar-refractivity contribution is 0.702. The standard InChI is InChI=1S/3C2H5.Al.ClH.OS/c3*1-2;;;1-2/h3*1H2,2H3;;1H;. The first kappa shape index (κ1) is 17.1. The van der Waals surface area contributed by atoms with Crippen molar-refractivity contribution in [1.29, 1.82) is 0 Å². The molecule has 0 aliphatic heterocycles. The summed E-state index contributed by atoms with van der Waals surface area (Å²) >= 11 is 2.66. The number of halogens is 1. The van der Waals surface area contributed by atoms with E-state index in [4.69, 9.17) is 4.21 Å². The van der Waals surface area contributed by atoms with E-state index in [9.17, 15) is 0 Å². The average Bonchev–Trinajstić information content (AvgIpc) is 1.96. The van der Waals surface area contributed by atoms with Crippen molar-refractivity contribution in [2.24, 2.45) is 0 Å². The zero-order chi connectivity index (χ0) is 7.70. The van der Waals surface area contributed by atoms with E-state index in [-0.39, 0.29) is 26.6 Å². The molecule has 0 aromatic carbocycles. The molecule has 0 atom stereocenters. The van der Waals surface area contributed by atoms with Crippen molar-refractivity contribution in [3.63, 3.8) is 0 Å². The van der Waals surface area contributed by atoms with E-state index in [1.807, 2.05) is 0 Å². The Morgan fingerprint density at radius 2 is 1.20 bits per heavy atom. The van der Waals surface area contributed by atoms with E-state index in [0.717, 1.165) is 0 Å². The summed E-state index contributed by atoms with van der Waals surface area (Å²) in [5.74, 6) is 0. The molecular weight excluding hydrogens is 183 g/mol. The van der Waals surface area contributed by atoms with Crippen LogP contribution in [0.2, 0.25) is 15.8 Å². The van der Waals surface area contributed by atoms with Crippen LogP contribution in [0, 0.1) is 0 Å². The highest BCUT2D eigenvalue weighted by Gasteiger charge is 2.05. The van der Waals surface area contributed by atoms with E-state index in [2.05, 4.69) is 33.3 Å². The molecule has 0 aliphatic carbocycles. The van der Waals surface area contributed by atoms with Gasteiger partial charge < -0.3 is 0 Å². The third kappa shape index (κ3) is 11.6. The van der Waals surface area contributed by atoms with Crippen LogP contribution >= 0.6 is 12.4 Å². The first-order valence-electron chi connectivity index (χ1n) is 3.51. The van der Waals surface area contributed by atoms with Crippen molar-refractivity contribution in [3.8, 4) is 0 Å². The van der Waals surface area contributed by atoms with Gasteiger partial charge in [-0.2, -0.15) is 4.21 Å². The smallest absolute Gasteiger partial charge is 0.197 e. The van der Waals surface area contributed by atoms with E-state index in [1.165, 1.54) is 15.8 Å². The monoisotopic (exact) mass is 198 g/mol. The third-order valence-electron chi connectivity index (χ3n) is 1.73. The summed E-state index contributed by atoms with van der Waals surface area (Å²) in [5.41, 5.74) is 0. The van der Waals surface area contributed by atoms with Crippen LogP contribution in [-0.2, 0) is 12.5 Å². The molecule has 1 nitrogen and oxygen atoms in total. The lowest BCUT2D eigenvalue weighted by Crippen LogP contribution is -2.04. The average molecular weight is 199 g/mol. The maximum atomic E-state index is 7.83. The second-order valence-corrected chi connectivity index (χ2v) is 6.27. The molecule has 10 heavy (non-hydrogen) atoms. The van der Waals surface area contributed by atoms with Crippen LogP contribution in [-0.4, -0.2) is 18.4 Å². The highest BCUT2D eigenvalue weighted by molar-refractivity contribution is 7.44. The Kier molecular flexibility index (Phi) is 28.1. The normalized spacial score (nSPS) is 6.70. The molecule has 0 bridgehead atoms. The van der Waals surface area contributed by atoms with Crippen LogP contribution < -0.4 is 0 Å². The molecule has 0 unspecified atom stereocenters. The Balaban J connectivity index is -0.000000149. The van der Waals surface area contributed by atoms with Gasteiger partial charge in [-0.3, -0.25) is 0 Å². The molecule has 0 rings (SSSR count). The number of hydrogen-bond acceptors (Lipinski definition) is 2. The van der Waals surface area contributed by atoms with Gasteiger partial charge in [0.15, 0.2) is 12.5 Å². The highest BCUT2D eigenvalue weighted by atomic mass is 35.5. The Bertz CT molecular complexity index is 47.5. The summed E-state index contributed by atoms with van der Waals surface area (Å²) in [6.45, 7) is 6.97. The van der Waals surface area contributed by atoms with Crippen LogP contribution in [0.4, 0.5) is 0 Å². The lowest BCUT2D eigenvalue weighted by atomic mass is 10.9. The summed E-state index contributed by atoms with van der Waals surface area (Å²) in [4.78, 5) is 0. The largest absolute Gasteiger partial charge is 0.261 e. The quantitative estimate of drug-likeness (QED) is 0.649. The summed E-state index contributed by atoms with van der Waals surface area (Å²) in [6, 6.07) is 0. The Labute approximate surface area is 79.9 Å². The van der Waals surface area contributed by atoms with Gasteiger partial charge >= 0.3 is 0 Å². The van der Waals surface area contributed by atoms with Crippen LogP contribution in [0.1, 0.15) is 20.8 Å². The fourth-order valence-electron chi connectivity index (χ4n) is 0.866. The molecule has 0 fully saturated rings. The third-order valence-corrected chi connectivity index (χ3v) is 5.20. The molecule has 0 radical (unpaired) electrons. The zero-order valence-electron chi connectivity index (χ0n) is 6.92. The van der Waals surface area contributed by atoms with Gasteiger partial charge in [-0.05, 0) is 0 Å². The molecule has 0 aromatic heterocycles. The first-order chi connectivity index (χ1) is 4.35. The van der Waals surface area contributed by atoms with Gasteiger partial charge in [0, 0.05) is 0 Å². The molecule has 0 spiro atoms. The minimum atomic E-state index is -0.171. The molecule has 0 N–H and O–H groups in total. The van der Waals surface area contributed by atoms with Crippen molar-refractivity contribution >= 4 is 39.1 Å². The minimum absolute atomic E-state index is 0. The van der Waals surface area contributed by atoms with Crippen molar-refractivity contribution in [2.45, 2.75) is 36.6 Å². The van der Waals surface area contributed by atoms with Gasteiger partial charge in [-0.15, -0.1) is 12.4 Å². The van der Waals surface area contributed by atoms with Crippen molar-refractivity contribution in [2.75, 3.05) is 0 Å². The first-order valence-corrected chi connectivity index (χ1v) is 6.30. The molecule has 0 heterocycles. The van der Waals surface area contributed by atoms with E-state index in [0.29, 0.717) is 0 Å². The predicted molar refractivity (Wildman–Crippen MR) is 52.6 cm³/mol. The van der Waals surface area contributed by atoms with Crippen molar-refractivity contribution in [1.82, 2.24) is 0 Å². The van der Waals surface area contributed by atoms with Gasteiger partial charge in [0.05, 0.1) is 0 Å². The van der Waals surface area contributed by atoms with Crippen LogP contribution in [0.3, 0.4) is 0 Å². The SMILES string of the molecule is C[CH2][Al]([CH2]C)[CH2]C.Cl.O=S. The molecule has 0 saturated heterocycles. The summed E-state index contributed by atoms with van der Waals surface area (Å²) in [5, 5.41) is 4.48. The maximum absolute atomic E-state index is 7.83. The van der Waals surface area contributed by atoms with Gasteiger partial charge in [0.25, 0.3) is 14.1 Å². The Morgan fingerprint density at radius 1 is 1.00 bits per heavy atom. The topological polar surface area (TPSA) is 17.1 Å². The fraction of sp³-hybridized carbons (Fsp3) is 1.00. The summed E-state index contributed by atoms with van der Waals surface area (Å²) in [7, 11) is 0. The predicted octanol–water partition coefficient (Wildman–Crippen LogP) is 2.63. The molecular formula is C6H16AlClOS. The number of rotatable bonds is 3. The van der Waals surface area contributed by atoms with Gasteiger partial charge in [0.2, 0.25) is 0 Å². The summed E-state index contributed by atoms with van der Waals surface area (Å²) in [6.07, 6.45) is 0. The second kappa shape index (κ2) is 16.4. The van der Waals surface area contributed by atoms with E-state index < -0.39 is 0 Å². The zero-order valence-corrected chi connectivity index (χ0v) is 9.71. The van der Waals surface area contributed by atoms with Crippen molar-refractivity contribution < 1.29 is 4.21 Å². The van der Waals surface area contributed by atoms with Gasteiger partial charge in [-0.1, -0.05) is 36.6 Å². The van der Waals surface area contributed by atoms with Crippen LogP contribution in [0.15, 0.2) is 0 Å².